The Morgan fingerprint density at radius 3 is 2.38 bits per heavy atom. The van der Waals surface area contributed by atoms with Gasteiger partial charge in [0.25, 0.3) is 0 Å². The molecule has 0 aliphatic carbocycles. The third kappa shape index (κ3) is 6.69. The lowest BCUT2D eigenvalue weighted by Gasteiger charge is -2.31. The first-order chi connectivity index (χ1) is 14.2. The Bertz CT molecular complexity index is 621. The molecule has 2 aliphatic heterocycles. The van der Waals surface area contributed by atoms with E-state index in [1.165, 1.54) is 37.1 Å². The molecule has 6 heteroatoms. The molecule has 0 radical (unpaired) electrons. The fraction of sp³-hybridized carbons (Fsp3) is 0.696. The van der Waals surface area contributed by atoms with Crippen LogP contribution in [-0.4, -0.2) is 80.8 Å². The van der Waals surface area contributed by atoms with Crippen molar-refractivity contribution in [1.29, 1.82) is 0 Å². The zero-order valence-electron chi connectivity index (χ0n) is 18.5. The van der Waals surface area contributed by atoms with Gasteiger partial charge in [0.1, 0.15) is 0 Å². The number of rotatable bonds is 8. The third-order valence-corrected chi connectivity index (χ3v) is 6.03. The fourth-order valence-electron chi connectivity index (χ4n) is 4.19. The molecule has 0 amide bonds. The van der Waals surface area contributed by atoms with Crippen LogP contribution in [0.1, 0.15) is 43.9 Å². The summed E-state index contributed by atoms with van der Waals surface area (Å²) in [6.45, 7) is 15.1. The van der Waals surface area contributed by atoms with E-state index in [9.17, 15) is 0 Å². The highest BCUT2D eigenvalue weighted by Gasteiger charge is 2.24. The molecule has 2 fully saturated rings. The Morgan fingerprint density at radius 2 is 1.72 bits per heavy atom. The summed E-state index contributed by atoms with van der Waals surface area (Å²) in [4.78, 5) is 9.97. The predicted octanol–water partition coefficient (Wildman–Crippen LogP) is 2.41. The van der Waals surface area contributed by atoms with Gasteiger partial charge in [-0.15, -0.1) is 0 Å². The van der Waals surface area contributed by atoms with Crippen molar-refractivity contribution in [2.75, 3.05) is 59.0 Å². The van der Waals surface area contributed by atoms with E-state index in [1.54, 1.807) is 0 Å². The highest BCUT2D eigenvalue weighted by Crippen LogP contribution is 2.24. The third-order valence-electron chi connectivity index (χ3n) is 6.03. The largest absolute Gasteiger partial charge is 0.379 e. The maximum Gasteiger partial charge on any atom is 0.191 e. The molecular formula is C23H39N5O. The van der Waals surface area contributed by atoms with Crippen molar-refractivity contribution in [3.63, 3.8) is 0 Å². The molecular weight excluding hydrogens is 362 g/mol. The SMILES string of the molecule is CCNC(=NCC(C)N1CCOCC1)NCC(c1ccc(C)cc1)N1CCCC1. The molecule has 1 aromatic carbocycles. The molecule has 0 aromatic heterocycles. The predicted molar refractivity (Wildman–Crippen MR) is 121 cm³/mol. The van der Waals surface area contributed by atoms with Crippen molar-refractivity contribution in [1.82, 2.24) is 20.4 Å². The van der Waals surface area contributed by atoms with Crippen LogP contribution in [0.15, 0.2) is 29.3 Å². The van der Waals surface area contributed by atoms with E-state index in [1.807, 2.05) is 0 Å². The molecule has 29 heavy (non-hydrogen) atoms. The highest BCUT2D eigenvalue weighted by molar-refractivity contribution is 5.79. The van der Waals surface area contributed by atoms with E-state index in [-0.39, 0.29) is 0 Å². The number of aliphatic imine (C=N–C) groups is 1. The Morgan fingerprint density at radius 1 is 1.03 bits per heavy atom. The van der Waals surface area contributed by atoms with Gasteiger partial charge in [-0.05, 0) is 52.3 Å². The summed E-state index contributed by atoms with van der Waals surface area (Å²) in [6, 6.07) is 9.83. The molecule has 3 rings (SSSR count). The van der Waals surface area contributed by atoms with E-state index in [2.05, 4.69) is 65.5 Å². The van der Waals surface area contributed by atoms with Crippen molar-refractivity contribution in [3.05, 3.63) is 35.4 Å². The second-order valence-corrected chi connectivity index (χ2v) is 8.27. The number of likely N-dealkylation sites (tertiary alicyclic amines) is 1. The van der Waals surface area contributed by atoms with Crippen LogP contribution in [0.2, 0.25) is 0 Å². The summed E-state index contributed by atoms with van der Waals surface area (Å²) in [5, 5.41) is 7.05. The summed E-state index contributed by atoms with van der Waals surface area (Å²) in [6.07, 6.45) is 2.60. The second kappa shape index (κ2) is 11.5. The molecule has 0 saturated carbocycles. The van der Waals surface area contributed by atoms with Crippen LogP contribution in [0.25, 0.3) is 0 Å². The number of morpholine rings is 1. The minimum absolute atomic E-state index is 0.388. The summed E-state index contributed by atoms with van der Waals surface area (Å²) in [5.41, 5.74) is 2.71. The van der Waals surface area contributed by atoms with Crippen molar-refractivity contribution in [2.45, 2.75) is 45.7 Å². The number of hydrogen-bond acceptors (Lipinski definition) is 4. The van der Waals surface area contributed by atoms with Crippen LogP contribution in [0.5, 0.6) is 0 Å². The van der Waals surface area contributed by atoms with Gasteiger partial charge in [0.2, 0.25) is 0 Å². The smallest absolute Gasteiger partial charge is 0.191 e. The lowest BCUT2D eigenvalue weighted by Crippen LogP contribution is -2.45. The second-order valence-electron chi connectivity index (χ2n) is 8.27. The van der Waals surface area contributed by atoms with E-state index in [0.717, 1.165) is 51.9 Å². The van der Waals surface area contributed by atoms with E-state index >= 15 is 0 Å². The van der Waals surface area contributed by atoms with Crippen molar-refractivity contribution >= 4 is 5.96 Å². The Hall–Kier alpha value is -1.63. The first-order valence-corrected chi connectivity index (χ1v) is 11.3. The molecule has 0 spiro atoms. The van der Waals surface area contributed by atoms with Gasteiger partial charge in [-0.3, -0.25) is 14.8 Å². The minimum atomic E-state index is 0.388. The molecule has 2 heterocycles. The van der Waals surface area contributed by atoms with Crippen LogP contribution in [0.4, 0.5) is 0 Å². The summed E-state index contributed by atoms with van der Waals surface area (Å²) in [7, 11) is 0. The molecule has 6 nitrogen and oxygen atoms in total. The maximum absolute atomic E-state index is 5.47. The standard InChI is InChI=1S/C23H39N5O/c1-4-24-23(25-17-20(3)27-13-15-29-16-14-27)26-18-22(28-11-5-6-12-28)21-9-7-19(2)8-10-21/h7-10,20,22H,4-6,11-18H2,1-3H3,(H2,24,25,26). The molecule has 162 valence electrons. The molecule has 2 saturated heterocycles. The van der Waals surface area contributed by atoms with Crippen LogP contribution >= 0.6 is 0 Å². The van der Waals surface area contributed by atoms with Gasteiger partial charge in [-0.1, -0.05) is 29.8 Å². The summed E-state index contributed by atoms with van der Waals surface area (Å²) in [5.74, 6) is 0.920. The van der Waals surface area contributed by atoms with Crippen molar-refractivity contribution in [2.24, 2.45) is 4.99 Å². The molecule has 2 aliphatic rings. The lowest BCUT2D eigenvalue weighted by atomic mass is 10.0. The maximum atomic E-state index is 5.47. The summed E-state index contributed by atoms with van der Waals surface area (Å²) < 4.78 is 5.47. The highest BCUT2D eigenvalue weighted by atomic mass is 16.5. The molecule has 2 unspecified atom stereocenters. The normalized spacial score (nSPS) is 21.1. The quantitative estimate of drug-likeness (QED) is 0.518. The molecule has 2 N–H and O–H groups in total. The number of benzene rings is 1. The number of guanidine groups is 1. The van der Waals surface area contributed by atoms with Crippen LogP contribution in [0.3, 0.4) is 0 Å². The fourth-order valence-corrected chi connectivity index (χ4v) is 4.19. The average molecular weight is 402 g/mol. The van der Waals surface area contributed by atoms with Gasteiger partial charge in [0.15, 0.2) is 5.96 Å². The Labute approximate surface area is 176 Å². The molecule has 0 bridgehead atoms. The zero-order valence-corrected chi connectivity index (χ0v) is 18.5. The number of nitrogens with one attached hydrogen (secondary N) is 2. The van der Waals surface area contributed by atoms with E-state index < -0.39 is 0 Å². The van der Waals surface area contributed by atoms with Crippen LogP contribution < -0.4 is 10.6 Å². The van der Waals surface area contributed by atoms with Gasteiger partial charge in [0, 0.05) is 32.2 Å². The zero-order chi connectivity index (χ0) is 20.5. The number of ether oxygens (including phenoxy) is 1. The van der Waals surface area contributed by atoms with Crippen molar-refractivity contribution in [3.8, 4) is 0 Å². The topological polar surface area (TPSA) is 52.1 Å². The average Bonchev–Trinajstić information content (AvgIpc) is 3.28. The lowest BCUT2D eigenvalue weighted by molar-refractivity contribution is 0.0220. The van der Waals surface area contributed by atoms with Gasteiger partial charge in [-0.2, -0.15) is 0 Å². The number of aryl methyl sites for hydroxylation is 1. The monoisotopic (exact) mass is 401 g/mol. The van der Waals surface area contributed by atoms with Crippen LogP contribution in [0, 0.1) is 6.92 Å². The first kappa shape index (κ1) is 22.1. The molecule has 2 atom stereocenters. The van der Waals surface area contributed by atoms with Gasteiger partial charge >= 0.3 is 0 Å². The summed E-state index contributed by atoms with van der Waals surface area (Å²) >= 11 is 0. The molecule has 1 aromatic rings. The number of hydrogen-bond donors (Lipinski definition) is 2. The van der Waals surface area contributed by atoms with Crippen molar-refractivity contribution < 1.29 is 4.74 Å². The van der Waals surface area contributed by atoms with Gasteiger partial charge in [-0.25, -0.2) is 0 Å². The Balaban J connectivity index is 1.61. The van der Waals surface area contributed by atoms with Gasteiger partial charge in [0.05, 0.1) is 25.8 Å². The van der Waals surface area contributed by atoms with E-state index in [0.29, 0.717) is 12.1 Å². The number of nitrogens with zero attached hydrogens (tertiary/aromatic N) is 3. The minimum Gasteiger partial charge on any atom is -0.379 e. The van der Waals surface area contributed by atoms with E-state index in [4.69, 9.17) is 9.73 Å². The Kier molecular flexibility index (Phi) is 8.77. The van der Waals surface area contributed by atoms with Crippen LogP contribution in [-0.2, 0) is 4.74 Å². The first-order valence-electron chi connectivity index (χ1n) is 11.3. The van der Waals surface area contributed by atoms with Gasteiger partial charge < -0.3 is 15.4 Å².